The van der Waals surface area contributed by atoms with Gasteiger partial charge >= 0.3 is 5.97 Å². The number of thiophene rings is 1. The highest BCUT2D eigenvalue weighted by Gasteiger charge is 2.25. The van der Waals surface area contributed by atoms with Crippen LogP contribution in [0, 0.1) is 19.8 Å². The third-order valence-electron chi connectivity index (χ3n) is 5.03. The van der Waals surface area contributed by atoms with E-state index in [0.717, 1.165) is 46.7 Å². The highest BCUT2D eigenvalue weighted by Crippen LogP contribution is 2.25. The Morgan fingerprint density at radius 2 is 2.14 bits per heavy atom. The van der Waals surface area contributed by atoms with Gasteiger partial charge in [-0.1, -0.05) is 22.8 Å². The Morgan fingerprint density at radius 3 is 2.79 bits per heavy atom. The fourth-order valence-electron chi connectivity index (χ4n) is 3.46. The predicted octanol–water partition coefficient (Wildman–Crippen LogP) is 5.01. The summed E-state index contributed by atoms with van der Waals surface area (Å²) >= 11 is 7.74. The molecule has 5 nitrogen and oxygen atoms in total. The van der Waals surface area contributed by atoms with E-state index in [1.165, 1.54) is 0 Å². The van der Waals surface area contributed by atoms with Gasteiger partial charge in [0.1, 0.15) is 12.3 Å². The molecule has 1 aromatic heterocycles. The van der Waals surface area contributed by atoms with Crippen molar-refractivity contribution in [2.24, 2.45) is 11.1 Å². The van der Waals surface area contributed by atoms with Gasteiger partial charge in [0, 0.05) is 23.7 Å². The van der Waals surface area contributed by atoms with Crippen LogP contribution in [0.1, 0.15) is 34.4 Å². The molecule has 0 radical (unpaired) electrons. The van der Waals surface area contributed by atoms with E-state index in [0.29, 0.717) is 24.7 Å². The Morgan fingerprint density at radius 1 is 1.34 bits per heavy atom. The number of carboxylic acid groups (broad SMARTS) is 1. The minimum Gasteiger partial charge on any atom is -0.481 e. The number of benzene rings is 1. The lowest BCUT2D eigenvalue weighted by molar-refractivity contribution is -0.143. The molecule has 1 saturated heterocycles. The first-order chi connectivity index (χ1) is 13.5. The number of rotatable bonds is 7. The maximum atomic E-state index is 11.2. The van der Waals surface area contributed by atoms with Gasteiger partial charge in [-0.15, -0.1) is 23.7 Å². The molecule has 1 aromatic carbocycles. The molecule has 1 aliphatic heterocycles. The highest BCUT2D eigenvalue weighted by molar-refractivity contribution is 7.12. The minimum atomic E-state index is -0.711. The van der Waals surface area contributed by atoms with Crippen molar-refractivity contribution in [3.8, 4) is 0 Å². The van der Waals surface area contributed by atoms with Crippen molar-refractivity contribution in [3.05, 3.63) is 56.2 Å². The summed E-state index contributed by atoms with van der Waals surface area (Å²) in [4.78, 5) is 20.1. The summed E-state index contributed by atoms with van der Waals surface area (Å²) in [5.41, 5.74) is 4.01. The van der Waals surface area contributed by atoms with E-state index in [4.69, 9.17) is 16.4 Å². The van der Waals surface area contributed by atoms with Gasteiger partial charge in [0.25, 0.3) is 0 Å². The number of carbonyl (C=O) groups is 1. The lowest BCUT2D eigenvalue weighted by atomic mass is 9.98. The third-order valence-corrected chi connectivity index (χ3v) is 6.29. The summed E-state index contributed by atoms with van der Waals surface area (Å²) in [6.45, 7) is 6.65. The molecule has 0 bridgehead atoms. The summed E-state index contributed by atoms with van der Waals surface area (Å²) in [6.07, 6.45) is 1.66. The number of hydrogen-bond donors (Lipinski definition) is 1. The van der Waals surface area contributed by atoms with Gasteiger partial charge in [-0.2, -0.15) is 0 Å². The number of hydrogen-bond acceptors (Lipinski definition) is 5. The number of oxime groups is 1. The zero-order valence-corrected chi connectivity index (χ0v) is 18.9. The standard InChI is InChI=1S/C21H25ClN2O3S.ClH/c1-14-7-11-28-20(14)19(18-6-5-17(22)12-15(18)2)23-27-10-9-24-8-3-4-16(13-24)21(25)26;/h5-7,11-12,16H,3-4,8-10,13H2,1-2H3,(H,25,26);1H. The van der Waals surface area contributed by atoms with Crippen LogP contribution in [0.3, 0.4) is 0 Å². The Balaban J connectivity index is 0.00000300. The van der Waals surface area contributed by atoms with E-state index in [2.05, 4.69) is 23.0 Å². The highest BCUT2D eigenvalue weighted by atomic mass is 35.5. The van der Waals surface area contributed by atoms with Crippen LogP contribution in [0.4, 0.5) is 0 Å². The largest absolute Gasteiger partial charge is 0.481 e. The molecule has 1 fully saturated rings. The summed E-state index contributed by atoms with van der Waals surface area (Å²) in [7, 11) is 0. The van der Waals surface area contributed by atoms with E-state index in [9.17, 15) is 9.90 Å². The summed E-state index contributed by atoms with van der Waals surface area (Å²) in [6, 6.07) is 7.83. The van der Waals surface area contributed by atoms with Crippen LogP contribution in [0.5, 0.6) is 0 Å². The Bertz CT molecular complexity index is 869. The number of carboxylic acids is 1. The van der Waals surface area contributed by atoms with Crippen molar-refractivity contribution in [1.29, 1.82) is 0 Å². The molecule has 0 amide bonds. The second-order valence-corrected chi connectivity index (χ2v) is 8.50. The number of likely N-dealkylation sites (tertiary alicyclic amines) is 1. The Hall–Kier alpha value is -1.60. The maximum Gasteiger partial charge on any atom is 0.307 e. The van der Waals surface area contributed by atoms with Gasteiger partial charge in [0.05, 0.1) is 10.8 Å². The van der Waals surface area contributed by atoms with E-state index in [1.807, 2.05) is 30.5 Å². The average Bonchev–Trinajstić information content (AvgIpc) is 3.08. The number of halogens is 2. The molecule has 3 rings (SSSR count). The molecule has 0 saturated carbocycles. The van der Waals surface area contributed by atoms with Crippen LogP contribution < -0.4 is 0 Å². The van der Waals surface area contributed by atoms with Crippen molar-refractivity contribution in [1.82, 2.24) is 4.90 Å². The van der Waals surface area contributed by atoms with Crippen molar-refractivity contribution >= 4 is 47.0 Å². The number of aliphatic carboxylic acids is 1. The van der Waals surface area contributed by atoms with Crippen molar-refractivity contribution < 1.29 is 14.7 Å². The van der Waals surface area contributed by atoms with Gasteiger partial charge in [0.15, 0.2) is 0 Å². The van der Waals surface area contributed by atoms with Crippen LogP contribution in [-0.4, -0.2) is 47.9 Å². The van der Waals surface area contributed by atoms with Crippen LogP contribution >= 0.6 is 35.3 Å². The van der Waals surface area contributed by atoms with Crippen LogP contribution in [-0.2, 0) is 9.63 Å². The minimum absolute atomic E-state index is 0. The van der Waals surface area contributed by atoms with Gasteiger partial charge in [-0.05, 0) is 67.9 Å². The fourth-order valence-corrected chi connectivity index (χ4v) is 4.61. The van der Waals surface area contributed by atoms with Gasteiger partial charge in [0.2, 0.25) is 0 Å². The molecular weight excluding hydrogens is 431 g/mol. The van der Waals surface area contributed by atoms with Crippen molar-refractivity contribution in [3.63, 3.8) is 0 Å². The normalized spacial score (nSPS) is 17.6. The number of piperidine rings is 1. The fraction of sp³-hybridized carbons (Fsp3) is 0.429. The lowest BCUT2D eigenvalue weighted by Gasteiger charge is -2.29. The van der Waals surface area contributed by atoms with Crippen molar-refractivity contribution in [2.45, 2.75) is 26.7 Å². The average molecular weight is 457 g/mol. The summed E-state index contributed by atoms with van der Waals surface area (Å²) < 4.78 is 0. The Labute approximate surface area is 186 Å². The summed E-state index contributed by atoms with van der Waals surface area (Å²) in [5.74, 6) is -0.990. The van der Waals surface area contributed by atoms with Crippen LogP contribution in [0.15, 0.2) is 34.8 Å². The predicted molar refractivity (Wildman–Crippen MR) is 121 cm³/mol. The molecule has 1 atom stereocenters. The molecule has 1 N–H and O–H groups in total. The van der Waals surface area contributed by atoms with Gasteiger partial charge < -0.3 is 9.94 Å². The van der Waals surface area contributed by atoms with Crippen LogP contribution in [0.2, 0.25) is 5.02 Å². The number of aryl methyl sites for hydroxylation is 2. The molecule has 2 aromatic rings. The lowest BCUT2D eigenvalue weighted by Crippen LogP contribution is -2.40. The quantitative estimate of drug-likeness (QED) is 0.361. The maximum absolute atomic E-state index is 11.2. The first-order valence-electron chi connectivity index (χ1n) is 9.42. The molecule has 0 spiro atoms. The molecule has 0 aliphatic carbocycles. The molecule has 2 heterocycles. The molecule has 158 valence electrons. The van der Waals surface area contributed by atoms with E-state index in [1.54, 1.807) is 11.3 Å². The summed E-state index contributed by atoms with van der Waals surface area (Å²) in [5, 5.41) is 16.4. The molecule has 8 heteroatoms. The molecule has 1 aliphatic rings. The van der Waals surface area contributed by atoms with E-state index in [-0.39, 0.29) is 18.3 Å². The number of nitrogens with zero attached hydrogens (tertiary/aromatic N) is 2. The SMILES string of the molecule is Cc1cc(Cl)ccc1C(=NOCCN1CCCC(C(=O)O)C1)c1sccc1C.Cl. The van der Waals surface area contributed by atoms with Crippen LogP contribution in [0.25, 0.3) is 0 Å². The van der Waals surface area contributed by atoms with Crippen molar-refractivity contribution in [2.75, 3.05) is 26.2 Å². The topological polar surface area (TPSA) is 62.1 Å². The van der Waals surface area contributed by atoms with E-state index >= 15 is 0 Å². The van der Waals surface area contributed by atoms with E-state index < -0.39 is 5.97 Å². The second kappa shape index (κ2) is 11.0. The second-order valence-electron chi connectivity index (χ2n) is 7.14. The monoisotopic (exact) mass is 456 g/mol. The third kappa shape index (κ3) is 6.19. The van der Waals surface area contributed by atoms with Gasteiger partial charge in [-0.3, -0.25) is 9.69 Å². The Kier molecular flexibility index (Phi) is 8.96. The van der Waals surface area contributed by atoms with Gasteiger partial charge in [-0.25, -0.2) is 0 Å². The first kappa shape index (κ1) is 23.7. The first-order valence-corrected chi connectivity index (χ1v) is 10.7. The smallest absolute Gasteiger partial charge is 0.307 e. The zero-order chi connectivity index (χ0) is 20.1. The molecular formula is C21H26Cl2N2O3S. The molecule has 29 heavy (non-hydrogen) atoms. The molecule has 1 unspecified atom stereocenters. The zero-order valence-electron chi connectivity index (χ0n) is 16.6.